The van der Waals surface area contributed by atoms with Gasteiger partial charge >= 0.3 is 0 Å². The lowest BCUT2D eigenvalue weighted by Gasteiger charge is -2.29. The second-order valence-corrected chi connectivity index (χ2v) is 4.19. The predicted octanol–water partition coefficient (Wildman–Crippen LogP) is 1.26. The Bertz CT molecular complexity index is 381. The Morgan fingerprint density at radius 3 is 2.72 bits per heavy atom. The standard InChI is InChI=1S/C13H19FN2O2/c1-17-8-9-18-11-2-3-13(12(14)10-11)16-6-4-15-5-7-16/h2-3,10,15H,4-9H2,1H3. The number of methoxy groups -OCH3 is 1. The smallest absolute Gasteiger partial charge is 0.150 e. The molecule has 1 heterocycles. The van der Waals surface area contributed by atoms with E-state index in [9.17, 15) is 4.39 Å². The molecule has 1 N–H and O–H groups in total. The molecule has 1 aliphatic heterocycles. The molecule has 0 atom stereocenters. The first-order chi connectivity index (χ1) is 8.81. The summed E-state index contributed by atoms with van der Waals surface area (Å²) in [4.78, 5) is 2.05. The summed E-state index contributed by atoms with van der Waals surface area (Å²) in [6.07, 6.45) is 0. The van der Waals surface area contributed by atoms with Gasteiger partial charge in [-0.2, -0.15) is 0 Å². The maximum Gasteiger partial charge on any atom is 0.150 e. The Kier molecular flexibility index (Phi) is 4.78. The Labute approximate surface area is 107 Å². The molecule has 0 aliphatic carbocycles. The second-order valence-electron chi connectivity index (χ2n) is 4.19. The van der Waals surface area contributed by atoms with E-state index in [-0.39, 0.29) is 5.82 Å². The van der Waals surface area contributed by atoms with Gasteiger partial charge in [0.1, 0.15) is 18.2 Å². The lowest BCUT2D eigenvalue weighted by Crippen LogP contribution is -2.43. The molecule has 1 aromatic rings. The summed E-state index contributed by atoms with van der Waals surface area (Å²) < 4.78 is 24.2. The van der Waals surface area contributed by atoms with E-state index in [4.69, 9.17) is 9.47 Å². The zero-order valence-electron chi connectivity index (χ0n) is 10.6. The molecule has 100 valence electrons. The van der Waals surface area contributed by atoms with Crippen LogP contribution in [0.2, 0.25) is 0 Å². The number of benzene rings is 1. The Morgan fingerprint density at radius 2 is 2.06 bits per heavy atom. The third-order valence-electron chi connectivity index (χ3n) is 2.93. The minimum absolute atomic E-state index is 0.230. The number of halogens is 1. The molecule has 1 aromatic carbocycles. The zero-order valence-corrected chi connectivity index (χ0v) is 10.6. The number of hydrogen-bond donors (Lipinski definition) is 1. The molecule has 4 nitrogen and oxygen atoms in total. The largest absolute Gasteiger partial charge is 0.491 e. The van der Waals surface area contributed by atoms with E-state index in [1.165, 1.54) is 6.07 Å². The van der Waals surface area contributed by atoms with Crippen LogP contribution in [0.5, 0.6) is 5.75 Å². The van der Waals surface area contributed by atoms with Crippen LogP contribution in [0.1, 0.15) is 0 Å². The van der Waals surface area contributed by atoms with Crippen molar-refractivity contribution < 1.29 is 13.9 Å². The van der Waals surface area contributed by atoms with Gasteiger partial charge in [-0.25, -0.2) is 4.39 Å². The van der Waals surface area contributed by atoms with E-state index in [1.807, 2.05) is 4.90 Å². The highest BCUT2D eigenvalue weighted by Crippen LogP contribution is 2.24. The quantitative estimate of drug-likeness (QED) is 0.802. The van der Waals surface area contributed by atoms with Crippen LogP contribution < -0.4 is 15.0 Å². The average Bonchev–Trinajstić information content (AvgIpc) is 2.40. The summed E-state index contributed by atoms with van der Waals surface area (Å²) in [5.41, 5.74) is 0.649. The first-order valence-corrected chi connectivity index (χ1v) is 6.18. The van der Waals surface area contributed by atoms with Gasteiger partial charge in [0.25, 0.3) is 0 Å². The van der Waals surface area contributed by atoms with Gasteiger partial charge in [0, 0.05) is 39.4 Å². The average molecular weight is 254 g/mol. The van der Waals surface area contributed by atoms with Gasteiger partial charge in [0.2, 0.25) is 0 Å². The highest BCUT2D eigenvalue weighted by atomic mass is 19.1. The van der Waals surface area contributed by atoms with Crippen molar-refractivity contribution in [2.75, 3.05) is 51.4 Å². The molecule has 0 bridgehead atoms. The van der Waals surface area contributed by atoms with Crippen molar-refractivity contribution in [2.24, 2.45) is 0 Å². The van der Waals surface area contributed by atoms with Crippen LogP contribution in [-0.2, 0) is 4.74 Å². The van der Waals surface area contributed by atoms with E-state index in [2.05, 4.69) is 5.32 Å². The zero-order chi connectivity index (χ0) is 12.8. The van der Waals surface area contributed by atoms with E-state index in [1.54, 1.807) is 19.2 Å². The summed E-state index contributed by atoms with van der Waals surface area (Å²) in [7, 11) is 1.61. The number of rotatable bonds is 5. The van der Waals surface area contributed by atoms with E-state index < -0.39 is 0 Å². The molecule has 1 saturated heterocycles. The second kappa shape index (κ2) is 6.56. The monoisotopic (exact) mass is 254 g/mol. The Hall–Kier alpha value is -1.33. The fourth-order valence-corrected chi connectivity index (χ4v) is 1.98. The molecule has 18 heavy (non-hydrogen) atoms. The van der Waals surface area contributed by atoms with E-state index in [0.29, 0.717) is 24.7 Å². The van der Waals surface area contributed by atoms with Crippen LogP contribution in [0, 0.1) is 5.82 Å². The molecular weight excluding hydrogens is 235 g/mol. The topological polar surface area (TPSA) is 33.7 Å². The van der Waals surface area contributed by atoms with Gasteiger partial charge < -0.3 is 19.7 Å². The van der Waals surface area contributed by atoms with Gasteiger partial charge in [-0.15, -0.1) is 0 Å². The highest BCUT2D eigenvalue weighted by molar-refractivity contribution is 5.51. The molecular formula is C13H19FN2O2. The third-order valence-corrected chi connectivity index (χ3v) is 2.93. The molecule has 0 aromatic heterocycles. The molecule has 0 amide bonds. The maximum absolute atomic E-state index is 14.0. The maximum atomic E-state index is 14.0. The minimum Gasteiger partial charge on any atom is -0.491 e. The van der Waals surface area contributed by atoms with Crippen LogP contribution in [0.15, 0.2) is 18.2 Å². The van der Waals surface area contributed by atoms with Crippen molar-refractivity contribution in [2.45, 2.75) is 0 Å². The summed E-state index contributed by atoms with van der Waals surface area (Å²) in [5.74, 6) is 0.315. The lowest BCUT2D eigenvalue weighted by molar-refractivity contribution is 0.146. The van der Waals surface area contributed by atoms with Crippen LogP contribution >= 0.6 is 0 Å². The van der Waals surface area contributed by atoms with Gasteiger partial charge in [0.05, 0.1) is 12.3 Å². The normalized spacial score (nSPS) is 15.8. The fourth-order valence-electron chi connectivity index (χ4n) is 1.98. The minimum atomic E-state index is -0.230. The molecule has 2 rings (SSSR count). The summed E-state index contributed by atoms with van der Waals surface area (Å²) in [6, 6.07) is 5.02. The number of nitrogens with one attached hydrogen (secondary N) is 1. The van der Waals surface area contributed by atoms with E-state index in [0.717, 1.165) is 26.2 Å². The van der Waals surface area contributed by atoms with Crippen LogP contribution in [0.25, 0.3) is 0 Å². The van der Waals surface area contributed by atoms with Crippen molar-refractivity contribution >= 4 is 5.69 Å². The third kappa shape index (κ3) is 3.34. The lowest BCUT2D eigenvalue weighted by atomic mass is 10.2. The highest BCUT2D eigenvalue weighted by Gasteiger charge is 2.14. The molecule has 0 spiro atoms. The molecule has 1 aliphatic rings. The summed E-state index contributed by atoms with van der Waals surface area (Å²) in [5, 5.41) is 3.25. The first-order valence-electron chi connectivity index (χ1n) is 6.18. The Morgan fingerprint density at radius 1 is 1.28 bits per heavy atom. The number of nitrogens with zero attached hydrogens (tertiary/aromatic N) is 1. The molecule has 0 unspecified atom stereocenters. The van der Waals surface area contributed by atoms with Crippen LogP contribution in [-0.4, -0.2) is 46.5 Å². The van der Waals surface area contributed by atoms with Crippen LogP contribution in [0.3, 0.4) is 0 Å². The van der Waals surface area contributed by atoms with Gasteiger partial charge in [-0.3, -0.25) is 0 Å². The molecule has 1 fully saturated rings. The first kappa shape index (κ1) is 13.1. The van der Waals surface area contributed by atoms with Crippen molar-refractivity contribution in [1.29, 1.82) is 0 Å². The Balaban J connectivity index is 2.00. The number of hydrogen-bond acceptors (Lipinski definition) is 4. The molecule has 0 saturated carbocycles. The SMILES string of the molecule is COCCOc1ccc(N2CCNCC2)c(F)c1. The number of anilines is 1. The van der Waals surface area contributed by atoms with Crippen molar-refractivity contribution in [3.05, 3.63) is 24.0 Å². The van der Waals surface area contributed by atoms with Crippen molar-refractivity contribution in [3.63, 3.8) is 0 Å². The number of ether oxygens (including phenoxy) is 2. The molecule has 5 heteroatoms. The van der Waals surface area contributed by atoms with Gasteiger partial charge in [-0.1, -0.05) is 0 Å². The summed E-state index contributed by atoms with van der Waals surface area (Å²) >= 11 is 0. The van der Waals surface area contributed by atoms with Crippen molar-refractivity contribution in [1.82, 2.24) is 5.32 Å². The number of piperazine rings is 1. The van der Waals surface area contributed by atoms with Gasteiger partial charge in [0.15, 0.2) is 0 Å². The molecule has 0 radical (unpaired) electrons. The summed E-state index contributed by atoms with van der Waals surface area (Å²) in [6.45, 7) is 4.39. The van der Waals surface area contributed by atoms with Gasteiger partial charge in [-0.05, 0) is 12.1 Å². The van der Waals surface area contributed by atoms with Crippen molar-refractivity contribution in [3.8, 4) is 5.75 Å². The van der Waals surface area contributed by atoms with E-state index >= 15 is 0 Å². The fraction of sp³-hybridized carbons (Fsp3) is 0.538. The van der Waals surface area contributed by atoms with Crippen LogP contribution in [0.4, 0.5) is 10.1 Å². The predicted molar refractivity (Wildman–Crippen MR) is 68.9 cm³/mol.